The van der Waals surface area contributed by atoms with Gasteiger partial charge in [0.25, 0.3) is 0 Å². The summed E-state index contributed by atoms with van der Waals surface area (Å²) in [5.74, 6) is 0.601. The molecule has 1 N–H and O–H groups in total. The number of aromatic nitrogens is 1. The van der Waals surface area contributed by atoms with Crippen LogP contribution in [0.3, 0.4) is 0 Å². The Bertz CT molecular complexity index is 799. The zero-order valence-corrected chi connectivity index (χ0v) is 11.2. The molecule has 3 rings (SSSR count). The molecule has 96 valence electrons. The monoisotopic (exact) mass is 253 g/mol. The van der Waals surface area contributed by atoms with E-state index in [1.165, 1.54) is 16.5 Å². The molecule has 19 heavy (non-hydrogen) atoms. The average molecular weight is 253 g/mol. The second kappa shape index (κ2) is 4.12. The lowest BCUT2D eigenvalue weighted by Gasteiger charge is -2.04. The number of ether oxygens (including phenoxy) is 1. The number of H-pyrrole nitrogens is 1. The van der Waals surface area contributed by atoms with Gasteiger partial charge in [-0.3, -0.25) is 4.79 Å². The van der Waals surface area contributed by atoms with E-state index in [4.69, 9.17) is 4.74 Å². The van der Waals surface area contributed by atoms with Gasteiger partial charge < -0.3 is 9.72 Å². The lowest BCUT2D eigenvalue weighted by atomic mass is 10.0. The molecule has 0 saturated carbocycles. The molecule has 0 bridgehead atoms. The molecule has 0 atom stereocenters. The van der Waals surface area contributed by atoms with Gasteiger partial charge >= 0.3 is 0 Å². The van der Waals surface area contributed by atoms with E-state index in [1.54, 1.807) is 7.11 Å². The highest BCUT2D eigenvalue weighted by Gasteiger charge is 2.12. The molecule has 0 spiro atoms. The van der Waals surface area contributed by atoms with Crippen molar-refractivity contribution in [2.75, 3.05) is 7.11 Å². The molecule has 0 amide bonds. The Labute approximate surface area is 111 Å². The van der Waals surface area contributed by atoms with Crippen molar-refractivity contribution in [1.29, 1.82) is 0 Å². The van der Waals surface area contributed by atoms with Crippen molar-refractivity contribution < 1.29 is 9.53 Å². The Balaban J connectivity index is 2.52. The number of carbonyl (C=O) groups excluding carboxylic acids is 1. The number of carbonyl (C=O) groups is 1. The highest BCUT2D eigenvalue weighted by molar-refractivity contribution is 6.11. The number of hydrogen-bond donors (Lipinski definition) is 1. The van der Waals surface area contributed by atoms with E-state index in [0.29, 0.717) is 11.3 Å². The van der Waals surface area contributed by atoms with Crippen LogP contribution in [0.5, 0.6) is 5.75 Å². The lowest BCUT2D eigenvalue weighted by molar-refractivity contribution is 0.112. The van der Waals surface area contributed by atoms with Crippen molar-refractivity contribution in [1.82, 2.24) is 4.98 Å². The summed E-state index contributed by atoms with van der Waals surface area (Å²) in [7, 11) is 1.58. The standard InChI is InChI=1S/C16H15NO2/c1-9-4-5-10(2)16-15(9)12-6-11(8-18)14(19-3)7-13(12)17-16/h4-8,17H,1-3H3. The summed E-state index contributed by atoms with van der Waals surface area (Å²) in [4.78, 5) is 14.6. The van der Waals surface area contributed by atoms with Gasteiger partial charge in [0.05, 0.1) is 18.2 Å². The molecule has 0 fully saturated rings. The Morgan fingerprint density at radius 2 is 1.89 bits per heavy atom. The van der Waals surface area contributed by atoms with Crippen molar-refractivity contribution in [2.45, 2.75) is 13.8 Å². The van der Waals surface area contributed by atoms with Gasteiger partial charge in [-0.2, -0.15) is 0 Å². The Kier molecular flexibility index (Phi) is 2.56. The second-order valence-electron chi connectivity index (χ2n) is 4.83. The van der Waals surface area contributed by atoms with Crippen LogP contribution >= 0.6 is 0 Å². The van der Waals surface area contributed by atoms with Gasteiger partial charge in [-0.15, -0.1) is 0 Å². The molecule has 0 aliphatic carbocycles. The summed E-state index contributed by atoms with van der Waals surface area (Å²) in [6, 6.07) is 7.99. The Morgan fingerprint density at radius 3 is 2.58 bits per heavy atom. The number of rotatable bonds is 2. The first-order valence-electron chi connectivity index (χ1n) is 6.20. The van der Waals surface area contributed by atoms with Crippen LogP contribution in [0.25, 0.3) is 21.8 Å². The predicted molar refractivity (Wildman–Crippen MR) is 77.2 cm³/mol. The smallest absolute Gasteiger partial charge is 0.153 e. The van der Waals surface area contributed by atoms with E-state index in [9.17, 15) is 4.79 Å². The van der Waals surface area contributed by atoms with Gasteiger partial charge in [-0.1, -0.05) is 12.1 Å². The number of aryl methyl sites for hydroxylation is 2. The molecule has 3 heteroatoms. The lowest BCUT2D eigenvalue weighted by Crippen LogP contribution is -1.90. The van der Waals surface area contributed by atoms with Crippen LogP contribution in [-0.4, -0.2) is 18.4 Å². The molecule has 0 saturated heterocycles. The first-order chi connectivity index (χ1) is 9.15. The number of fused-ring (bicyclic) bond motifs is 3. The van der Waals surface area contributed by atoms with Gasteiger partial charge in [0.15, 0.2) is 6.29 Å². The molecule has 1 aromatic heterocycles. The van der Waals surface area contributed by atoms with Crippen LogP contribution in [0.15, 0.2) is 24.3 Å². The summed E-state index contributed by atoms with van der Waals surface area (Å²) >= 11 is 0. The zero-order chi connectivity index (χ0) is 13.6. The van der Waals surface area contributed by atoms with Gasteiger partial charge in [0.1, 0.15) is 5.75 Å². The van der Waals surface area contributed by atoms with Crippen LogP contribution < -0.4 is 4.74 Å². The molecule has 3 aromatic rings. The van der Waals surface area contributed by atoms with E-state index in [2.05, 4.69) is 31.0 Å². The fourth-order valence-electron chi connectivity index (χ4n) is 2.63. The molecular formula is C16H15NO2. The van der Waals surface area contributed by atoms with Crippen molar-refractivity contribution in [3.05, 3.63) is 41.0 Å². The maximum Gasteiger partial charge on any atom is 0.153 e. The fourth-order valence-corrected chi connectivity index (χ4v) is 2.63. The normalized spacial score (nSPS) is 11.1. The number of hydrogen-bond acceptors (Lipinski definition) is 2. The van der Waals surface area contributed by atoms with Crippen LogP contribution in [-0.2, 0) is 0 Å². The first kappa shape index (κ1) is 11.8. The van der Waals surface area contributed by atoms with E-state index >= 15 is 0 Å². The van der Waals surface area contributed by atoms with Crippen LogP contribution in [0.1, 0.15) is 21.5 Å². The topological polar surface area (TPSA) is 42.1 Å². The van der Waals surface area contributed by atoms with Crippen molar-refractivity contribution in [2.24, 2.45) is 0 Å². The molecule has 0 unspecified atom stereocenters. The summed E-state index contributed by atoms with van der Waals surface area (Å²) in [6.45, 7) is 4.16. The second-order valence-corrected chi connectivity index (χ2v) is 4.83. The number of aromatic amines is 1. The van der Waals surface area contributed by atoms with Gasteiger partial charge in [-0.25, -0.2) is 0 Å². The summed E-state index contributed by atoms with van der Waals surface area (Å²) in [5.41, 5.74) is 5.10. The number of benzene rings is 2. The van der Waals surface area contributed by atoms with Crippen molar-refractivity contribution in [3.8, 4) is 5.75 Å². The summed E-state index contributed by atoms with van der Waals surface area (Å²) < 4.78 is 5.25. The van der Waals surface area contributed by atoms with Gasteiger partial charge in [-0.05, 0) is 31.0 Å². The van der Waals surface area contributed by atoms with Crippen LogP contribution in [0.2, 0.25) is 0 Å². The maximum atomic E-state index is 11.1. The highest BCUT2D eigenvalue weighted by Crippen LogP contribution is 2.33. The van der Waals surface area contributed by atoms with Gasteiger partial charge in [0.2, 0.25) is 0 Å². The van der Waals surface area contributed by atoms with Crippen LogP contribution in [0.4, 0.5) is 0 Å². The summed E-state index contributed by atoms with van der Waals surface area (Å²) in [6.07, 6.45) is 0.836. The fraction of sp³-hybridized carbons (Fsp3) is 0.188. The van der Waals surface area contributed by atoms with Crippen molar-refractivity contribution in [3.63, 3.8) is 0 Å². The molecule has 3 nitrogen and oxygen atoms in total. The molecule has 0 radical (unpaired) electrons. The third-order valence-electron chi connectivity index (χ3n) is 3.65. The first-order valence-corrected chi connectivity index (χ1v) is 6.20. The molecule has 1 heterocycles. The minimum absolute atomic E-state index is 0.580. The van der Waals surface area contributed by atoms with E-state index in [0.717, 1.165) is 22.7 Å². The molecule has 0 aliphatic rings. The Morgan fingerprint density at radius 1 is 1.16 bits per heavy atom. The SMILES string of the molecule is COc1cc2[nH]c3c(C)ccc(C)c3c2cc1C=O. The number of aldehydes is 1. The van der Waals surface area contributed by atoms with E-state index < -0.39 is 0 Å². The average Bonchev–Trinajstić information content (AvgIpc) is 2.80. The van der Waals surface area contributed by atoms with Crippen LogP contribution in [0, 0.1) is 13.8 Å². The number of nitrogens with one attached hydrogen (secondary N) is 1. The number of methoxy groups -OCH3 is 1. The molecule has 0 aliphatic heterocycles. The maximum absolute atomic E-state index is 11.1. The minimum atomic E-state index is 0.580. The quantitative estimate of drug-likeness (QED) is 0.706. The third kappa shape index (κ3) is 1.62. The third-order valence-corrected chi connectivity index (χ3v) is 3.65. The molecular weight excluding hydrogens is 238 g/mol. The van der Waals surface area contributed by atoms with E-state index in [-0.39, 0.29) is 0 Å². The van der Waals surface area contributed by atoms with Gasteiger partial charge in [0, 0.05) is 22.4 Å². The zero-order valence-electron chi connectivity index (χ0n) is 11.2. The highest BCUT2D eigenvalue weighted by atomic mass is 16.5. The summed E-state index contributed by atoms with van der Waals surface area (Å²) in [5, 5.41) is 2.25. The predicted octanol–water partition coefficient (Wildman–Crippen LogP) is 3.76. The minimum Gasteiger partial charge on any atom is -0.496 e. The largest absolute Gasteiger partial charge is 0.496 e. The van der Waals surface area contributed by atoms with Crippen molar-refractivity contribution >= 4 is 28.1 Å². The van der Waals surface area contributed by atoms with E-state index in [1.807, 2.05) is 12.1 Å². The molecule has 2 aromatic carbocycles. The Hall–Kier alpha value is -2.29.